The van der Waals surface area contributed by atoms with Crippen LogP contribution in [0.5, 0.6) is 0 Å². The summed E-state index contributed by atoms with van der Waals surface area (Å²) < 4.78 is 40.4. The van der Waals surface area contributed by atoms with Crippen LogP contribution in [0.15, 0.2) is 46.4 Å². The van der Waals surface area contributed by atoms with Crippen molar-refractivity contribution in [3.63, 3.8) is 0 Å². The Labute approximate surface area is 219 Å². The standard InChI is InChI=1S/C25H30F3N5OS.ClH/c1-16-24-12-13-29-20(15-19(24)5-3-7-21(24)34-32-16)6-4-14-35-23-31-30-22(33(23)2)17-8-10-18(11-9-17)25(26,27)28;/h7-11,19-20,29H,3-6,12-15H2,1-2H3;1H. The van der Waals surface area contributed by atoms with Gasteiger partial charge in [-0.2, -0.15) is 13.2 Å². The Bertz CT molecular complexity index is 1130. The number of aromatic nitrogens is 3. The molecule has 3 aliphatic rings. The third-order valence-corrected chi connectivity index (χ3v) is 8.77. The number of thioether (sulfide) groups is 1. The first kappa shape index (κ1) is 27.0. The molecule has 2 aliphatic heterocycles. The summed E-state index contributed by atoms with van der Waals surface area (Å²) >= 11 is 1.63. The van der Waals surface area contributed by atoms with Gasteiger partial charge in [0, 0.05) is 24.4 Å². The normalized spacial score (nSPS) is 25.6. The van der Waals surface area contributed by atoms with Crippen LogP contribution in [0, 0.1) is 11.3 Å². The largest absolute Gasteiger partial charge is 0.416 e. The molecule has 6 nitrogen and oxygen atoms in total. The Morgan fingerprint density at radius 3 is 2.75 bits per heavy atom. The van der Waals surface area contributed by atoms with Gasteiger partial charge in [-0.05, 0) is 76.1 Å². The number of nitrogens with one attached hydrogen (secondary N) is 1. The molecule has 0 radical (unpaired) electrons. The number of oxime groups is 1. The van der Waals surface area contributed by atoms with Crippen LogP contribution in [-0.4, -0.2) is 38.8 Å². The maximum absolute atomic E-state index is 12.8. The molecule has 1 spiro atoms. The number of alkyl halides is 3. The van der Waals surface area contributed by atoms with Crippen molar-refractivity contribution in [3.8, 4) is 11.4 Å². The lowest BCUT2D eigenvalue weighted by Crippen LogP contribution is -2.39. The second-order valence-corrected chi connectivity index (χ2v) is 10.7. The fourth-order valence-corrected chi connectivity index (χ4v) is 6.65. The zero-order valence-corrected chi connectivity index (χ0v) is 22.0. The predicted octanol–water partition coefficient (Wildman–Crippen LogP) is 6.23. The Morgan fingerprint density at radius 2 is 2.00 bits per heavy atom. The fraction of sp³-hybridized carbons (Fsp3) is 0.560. The third-order valence-electron chi connectivity index (χ3n) is 7.66. The topological polar surface area (TPSA) is 64.3 Å². The summed E-state index contributed by atoms with van der Waals surface area (Å²) in [6, 6.07) is 5.52. The van der Waals surface area contributed by atoms with E-state index in [1.807, 2.05) is 11.6 Å². The molecule has 0 amide bonds. The smallest absolute Gasteiger partial charge is 0.361 e. The average molecular weight is 542 g/mol. The first-order chi connectivity index (χ1) is 16.8. The number of allylic oxidation sites excluding steroid dienone is 2. The summed E-state index contributed by atoms with van der Waals surface area (Å²) in [6.07, 6.45) is 4.40. The molecule has 1 aromatic carbocycles. The van der Waals surface area contributed by atoms with Crippen LogP contribution >= 0.6 is 24.2 Å². The number of benzene rings is 1. The predicted molar refractivity (Wildman–Crippen MR) is 137 cm³/mol. The first-order valence-corrected chi connectivity index (χ1v) is 13.1. The Hall–Kier alpha value is -2.04. The Kier molecular flexibility index (Phi) is 8.07. The van der Waals surface area contributed by atoms with Gasteiger partial charge in [-0.3, -0.25) is 0 Å². The van der Waals surface area contributed by atoms with Crippen LogP contribution in [0.3, 0.4) is 0 Å². The zero-order valence-electron chi connectivity index (χ0n) is 20.3. The van der Waals surface area contributed by atoms with Gasteiger partial charge in [0.2, 0.25) is 0 Å². The lowest BCUT2D eigenvalue weighted by atomic mass is 9.63. The third kappa shape index (κ3) is 5.04. The number of hydrogen-bond donors (Lipinski definition) is 1. The molecule has 1 aliphatic carbocycles. The van der Waals surface area contributed by atoms with E-state index in [2.05, 4.69) is 33.7 Å². The van der Waals surface area contributed by atoms with Crippen molar-refractivity contribution < 1.29 is 18.0 Å². The minimum atomic E-state index is -4.35. The number of hydrogen-bond acceptors (Lipinski definition) is 6. The minimum Gasteiger partial charge on any atom is -0.361 e. The van der Waals surface area contributed by atoms with Crippen molar-refractivity contribution in [2.45, 2.75) is 62.8 Å². The van der Waals surface area contributed by atoms with Crippen LogP contribution in [0.1, 0.15) is 51.0 Å². The van der Waals surface area contributed by atoms with E-state index in [4.69, 9.17) is 4.84 Å². The van der Waals surface area contributed by atoms with Crippen LogP contribution in [0.2, 0.25) is 0 Å². The molecule has 1 fully saturated rings. The number of halogens is 4. The van der Waals surface area contributed by atoms with E-state index in [0.717, 1.165) is 73.2 Å². The molecule has 0 saturated carbocycles. The number of nitrogens with zero attached hydrogens (tertiary/aromatic N) is 4. The van der Waals surface area contributed by atoms with Crippen molar-refractivity contribution >= 4 is 29.9 Å². The van der Waals surface area contributed by atoms with Gasteiger partial charge < -0.3 is 14.7 Å². The van der Waals surface area contributed by atoms with Crippen LogP contribution in [-0.2, 0) is 18.1 Å². The van der Waals surface area contributed by atoms with Crippen molar-refractivity contribution in [1.29, 1.82) is 0 Å². The van der Waals surface area contributed by atoms with Gasteiger partial charge >= 0.3 is 6.18 Å². The van der Waals surface area contributed by atoms with E-state index in [1.165, 1.54) is 18.6 Å². The molecule has 1 N–H and O–H groups in total. The summed E-state index contributed by atoms with van der Waals surface area (Å²) in [5.74, 6) is 3.10. The quantitative estimate of drug-likeness (QED) is 0.347. The molecule has 3 atom stereocenters. The second kappa shape index (κ2) is 10.8. The zero-order chi connectivity index (χ0) is 24.6. The molecule has 1 aromatic heterocycles. The summed E-state index contributed by atoms with van der Waals surface area (Å²) in [7, 11) is 1.85. The van der Waals surface area contributed by atoms with Crippen molar-refractivity contribution in [1.82, 2.24) is 20.1 Å². The lowest BCUT2D eigenvalue weighted by molar-refractivity contribution is -0.137. The van der Waals surface area contributed by atoms with E-state index in [0.29, 0.717) is 23.3 Å². The van der Waals surface area contributed by atoms with Gasteiger partial charge in [-0.25, -0.2) is 0 Å². The molecule has 5 rings (SSSR count). The van der Waals surface area contributed by atoms with E-state index < -0.39 is 11.7 Å². The molecule has 1 saturated heterocycles. The van der Waals surface area contributed by atoms with Gasteiger partial charge in [-0.15, -0.1) is 22.6 Å². The highest BCUT2D eigenvalue weighted by atomic mass is 35.5. The van der Waals surface area contributed by atoms with Gasteiger partial charge in [0.25, 0.3) is 0 Å². The minimum absolute atomic E-state index is 0. The molecule has 2 aromatic rings. The van der Waals surface area contributed by atoms with Crippen molar-refractivity contribution in [3.05, 3.63) is 41.7 Å². The molecule has 196 valence electrons. The van der Waals surface area contributed by atoms with Gasteiger partial charge in [0.15, 0.2) is 11.0 Å². The molecular formula is C25H31ClF3N5OS. The molecule has 0 bridgehead atoms. The van der Waals surface area contributed by atoms with E-state index in [9.17, 15) is 13.2 Å². The van der Waals surface area contributed by atoms with Crippen LogP contribution in [0.4, 0.5) is 13.2 Å². The molecule has 36 heavy (non-hydrogen) atoms. The maximum atomic E-state index is 12.8. The summed E-state index contributed by atoms with van der Waals surface area (Å²) in [5.41, 5.74) is 1.06. The van der Waals surface area contributed by atoms with Crippen LogP contribution < -0.4 is 5.32 Å². The van der Waals surface area contributed by atoms with E-state index in [1.54, 1.807) is 11.8 Å². The van der Waals surface area contributed by atoms with E-state index in [-0.39, 0.29) is 17.8 Å². The highest BCUT2D eigenvalue weighted by Gasteiger charge is 2.52. The number of rotatable bonds is 6. The van der Waals surface area contributed by atoms with Gasteiger partial charge in [-0.1, -0.05) is 29.1 Å². The van der Waals surface area contributed by atoms with Crippen molar-refractivity contribution in [2.24, 2.45) is 23.5 Å². The molecule has 11 heteroatoms. The highest BCUT2D eigenvalue weighted by molar-refractivity contribution is 7.99. The highest BCUT2D eigenvalue weighted by Crippen LogP contribution is 2.52. The van der Waals surface area contributed by atoms with Gasteiger partial charge in [0.1, 0.15) is 5.76 Å². The molecule has 3 unspecified atom stereocenters. The summed E-state index contributed by atoms with van der Waals surface area (Å²) in [6.45, 7) is 3.07. The Morgan fingerprint density at radius 1 is 1.22 bits per heavy atom. The van der Waals surface area contributed by atoms with E-state index >= 15 is 0 Å². The summed E-state index contributed by atoms with van der Waals surface area (Å²) in [4.78, 5) is 5.69. The monoisotopic (exact) mass is 541 g/mol. The SMILES string of the molecule is CC1=NOC2=CCCC3CC(CCCSc4nnc(-c5ccc(C(F)(F)F)cc5)n4C)NCCC213.Cl. The summed E-state index contributed by atoms with van der Waals surface area (Å²) in [5, 5.41) is 17.3. The lowest BCUT2D eigenvalue weighted by Gasteiger charge is -2.38. The Balaban J connectivity index is 0.00000304. The molecule has 3 heterocycles. The van der Waals surface area contributed by atoms with Crippen molar-refractivity contribution in [2.75, 3.05) is 12.3 Å². The fourth-order valence-electron chi connectivity index (χ4n) is 5.78. The van der Waals surface area contributed by atoms with Crippen LogP contribution in [0.25, 0.3) is 11.4 Å². The maximum Gasteiger partial charge on any atom is 0.416 e. The molecular weight excluding hydrogens is 511 g/mol. The van der Waals surface area contributed by atoms with Gasteiger partial charge in [0.05, 0.1) is 16.7 Å². The first-order valence-electron chi connectivity index (χ1n) is 12.1. The second-order valence-electron chi connectivity index (χ2n) is 9.65. The average Bonchev–Trinajstić information content (AvgIpc) is 3.28.